The molecule has 1 saturated heterocycles. The first-order valence-corrected chi connectivity index (χ1v) is 9.06. The van der Waals surface area contributed by atoms with Crippen LogP contribution in [0.15, 0.2) is 0 Å². The molecule has 1 rings (SSSR count). The second-order valence-electron chi connectivity index (χ2n) is 5.79. The SMILES string of the molecule is CCN(CC)CCN(CC(C)C)C(=O)C1CSCCN1. The van der Waals surface area contributed by atoms with Crippen LogP contribution in [0.25, 0.3) is 0 Å². The zero-order valence-electron chi connectivity index (χ0n) is 13.5. The highest BCUT2D eigenvalue weighted by molar-refractivity contribution is 7.99. The van der Waals surface area contributed by atoms with Gasteiger partial charge in [0.2, 0.25) is 5.91 Å². The van der Waals surface area contributed by atoms with E-state index in [1.54, 1.807) is 0 Å². The highest BCUT2D eigenvalue weighted by atomic mass is 32.2. The second-order valence-corrected chi connectivity index (χ2v) is 6.94. The fraction of sp³-hybridized carbons (Fsp3) is 0.933. The maximum atomic E-state index is 12.7. The maximum Gasteiger partial charge on any atom is 0.240 e. The second kappa shape index (κ2) is 9.64. The lowest BCUT2D eigenvalue weighted by Crippen LogP contribution is -2.52. The number of likely N-dealkylation sites (N-methyl/N-ethyl adjacent to an activating group) is 1. The highest BCUT2D eigenvalue weighted by Crippen LogP contribution is 2.11. The van der Waals surface area contributed by atoms with E-state index in [0.717, 1.165) is 50.8 Å². The normalized spacial score (nSPS) is 19.6. The van der Waals surface area contributed by atoms with Crippen molar-refractivity contribution < 1.29 is 4.79 Å². The molecule has 0 aromatic heterocycles. The summed E-state index contributed by atoms with van der Waals surface area (Å²) in [5.41, 5.74) is 0. The Hall–Kier alpha value is -0.260. The quantitative estimate of drug-likeness (QED) is 0.737. The van der Waals surface area contributed by atoms with Crippen molar-refractivity contribution in [1.82, 2.24) is 15.1 Å². The number of carbonyl (C=O) groups excluding carboxylic acids is 1. The third kappa shape index (κ3) is 6.02. The van der Waals surface area contributed by atoms with E-state index >= 15 is 0 Å². The molecule has 0 radical (unpaired) electrons. The maximum absolute atomic E-state index is 12.7. The van der Waals surface area contributed by atoms with Gasteiger partial charge in [0.25, 0.3) is 0 Å². The van der Waals surface area contributed by atoms with Crippen molar-refractivity contribution in [2.75, 3.05) is 50.8 Å². The van der Waals surface area contributed by atoms with Gasteiger partial charge in [-0.3, -0.25) is 4.79 Å². The van der Waals surface area contributed by atoms with E-state index in [2.05, 4.69) is 42.8 Å². The van der Waals surface area contributed by atoms with Gasteiger partial charge in [0.05, 0.1) is 6.04 Å². The number of thioether (sulfide) groups is 1. The lowest BCUT2D eigenvalue weighted by atomic mass is 10.1. The van der Waals surface area contributed by atoms with Crippen molar-refractivity contribution in [2.45, 2.75) is 33.7 Å². The molecule has 0 aliphatic carbocycles. The molecule has 1 atom stereocenters. The molecule has 5 heteroatoms. The minimum Gasteiger partial charge on any atom is -0.340 e. The summed E-state index contributed by atoms with van der Waals surface area (Å²) in [4.78, 5) is 17.1. The Morgan fingerprint density at radius 2 is 2.00 bits per heavy atom. The molecule has 1 fully saturated rings. The van der Waals surface area contributed by atoms with Crippen LogP contribution in [0.1, 0.15) is 27.7 Å². The smallest absolute Gasteiger partial charge is 0.240 e. The van der Waals surface area contributed by atoms with Gasteiger partial charge in [-0.05, 0) is 19.0 Å². The Balaban J connectivity index is 2.55. The molecule has 1 unspecified atom stereocenters. The van der Waals surface area contributed by atoms with Crippen molar-refractivity contribution in [2.24, 2.45) is 5.92 Å². The topological polar surface area (TPSA) is 35.6 Å². The van der Waals surface area contributed by atoms with Crippen molar-refractivity contribution in [3.63, 3.8) is 0 Å². The van der Waals surface area contributed by atoms with Gasteiger partial charge < -0.3 is 15.1 Å². The minimum absolute atomic E-state index is 0.0178. The zero-order valence-corrected chi connectivity index (χ0v) is 14.3. The first-order chi connectivity index (χ1) is 9.58. The van der Waals surface area contributed by atoms with Crippen LogP contribution in [0.4, 0.5) is 0 Å². The van der Waals surface area contributed by atoms with Crippen LogP contribution in [-0.4, -0.2) is 72.5 Å². The molecule has 0 spiro atoms. The summed E-state index contributed by atoms with van der Waals surface area (Å²) in [6, 6.07) is 0.0178. The predicted molar refractivity (Wildman–Crippen MR) is 88.3 cm³/mol. The first-order valence-electron chi connectivity index (χ1n) is 7.90. The van der Waals surface area contributed by atoms with Crippen LogP contribution in [0.3, 0.4) is 0 Å². The first kappa shape index (κ1) is 17.8. The molecule has 1 aliphatic rings. The Morgan fingerprint density at radius 1 is 1.30 bits per heavy atom. The van der Waals surface area contributed by atoms with Crippen molar-refractivity contribution in [3.05, 3.63) is 0 Å². The number of carbonyl (C=O) groups is 1. The van der Waals surface area contributed by atoms with Crippen molar-refractivity contribution in [1.29, 1.82) is 0 Å². The summed E-state index contributed by atoms with van der Waals surface area (Å²) in [7, 11) is 0. The molecule has 0 aromatic carbocycles. The van der Waals surface area contributed by atoms with Gasteiger partial charge in [0, 0.05) is 37.7 Å². The van der Waals surface area contributed by atoms with Gasteiger partial charge in [0.1, 0.15) is 0 Å². The summed E-state index contributed by atoms with van der Waals surface area (Å²) >= 11 is 1.88. The molecule has 1 heterocycles. The van der Waals surface area contributed by atoms with Crippen LogP contribution < -0.4 is 5.32 Å². The van der Waals surface area contributed by atoms with Gasteiger partial charge in [-0.2, -0.15) is 11.8 Å². The van der Waals surface area contributed by atoms with Crippen LogP contribution in [0.5, 0.6) is 0 Å². The van der Waals surface area contributed by atoms with Crippen LogP contribution in [0.2, 0.25) is 0 Å². The summed E-state index contributed by atoms with van der Waals surface area (Å²) in [6.07, 6.45) is 0. The molecule has 1 amide bonds. The molecule has 0 saturated carbocycles. The lowest BCUT2D eigenvalue weighted by Gasteiger charge is -2.32. The lowest BCUT2D eigenvalue weighted by molar-refractivity contribution is -0.133. The van der Waals surface area contributed by atoms with Crippen molar-refractivity contribution in [3.8, 4) is 0 Å². The summed E-state index contributed by atoms with van der Waals surface area (Å²) in [5, 5.41) is 3.36. The van der Waals surface area contributed by atoms with Crippen LogP contribution in [-0.2, 0) is 4.79 Å². The fourth-order valence-corrected chi connectivity index (χ4v) is 3.40. The number of nitrogens with zero attached hydrogens (tertiary/aromatic N) is 2. The van der Waals surface area contributed by atoms with E-state index in [1.165, 1.54) is 0 Å². The van der Waals surface area contributed by atoms with Gasteiger partial charge in [-0.15, -0.1) is 0 Å². The van der Waals surface area contributed by atoms with E-state index in [9.17, 15) is 4.79 Å². The minimum atomic E-state index is 0.0178. The molecule has 1 aliphatic heterocycles. The monoisotopic (exact) mass is 301 g/mol. The number of nitrogens with one attached hydrogen (secondary N) is 1. The molecule has 0 aromatic rings. The number of amides is 1. The molecule has 0 bridgehead atoms. The van der Waals surface area contributed by atoms with Gasteiger partial charge in [0.15, 0.2) is 0 Å². The summed E-state index contributed by atoms with van der Waals surface area (Å²) in [6.45, 7) is 14.5. The van der Waals surface area contributed by atoms with E-state index < -0.39 is 0 Å². The van der Waals surface area contributed by atoms with Crippen LogP contribution >= 0.6 is 11.8 Å². The van der Waals surface area contributed by atoms with E-state index in [4.69, 9.17) is 0 Å². The Bertz CT molecular complexity index is 276. The standard InChI is InChI=1S/C15H31N3OS/c1-5-17(6-2)8-9-18(11-13(3)4)15(19)14-12-20-10-7-16-14/h13-14,16H,5-12H2,1-4H3. The van der Waals surface area contributed by atoms with E-state index in [1.807, 2.05) is 11.8 Å². The molecule has 1 N–H and O–H groups in total. The Labute approximate surface area is 128 Å². The molecular weight excluding hydrogens is 270 g/mol. The predicted octanol–water partition coefficient (Wildman–Crippen LogP) is 1.52. The summed E-state index contributed by atoms with van der Waals surface area (Å²) < 4.78 is 0. The Morgan fingerprint density at radius 3 is 2.50 bits per heavy atom. The fourth-order valence-electron chi connectivity index (χ4n) is 2.48. The number of hydrogen-bond acceptors (Lipinski definition) is 4. The Kier molecular flexibility index (Phi) is 8.57. The average molecular weight is 302 g/mol. The molecule has 118 valence electrons. The summed E-state index contributed by atoms with van der Waals surface area (Å²) in [5.74, 6) is 2.84. The average Bonchev–Trinajstić information content (AvgIpc) is 2.46. The third-order valence-electron chi connectivity index (χ3n) is 3.70. The molecular formula is C15H31N3OS. The third-order valence-corrected chi connectivity index (χ3v) is 4.76. The number of rotatable bonds is 8. The van der Waals surface area contributed by atoms with Gasteiger partial charge in [-0.25, -0.2) is 0 Å². The molecule has 4 nitrogen and oxygen atoms in total. The zero-order chi connectivity index (χ0) is 15.0. The number of hydrogen-bond donors (Lipinski definition) is 1. The van der Waals surface area contributed by atoms with Crippen molar-refractivity contribution >= 4 is 17.7 Å². The molecule has 20 heavy (non-hydrogen) atoms. The highest BCUT2D eigenvalue weighted by Gasteiger charge is 2.26. The van der Waals surface area contributed by atoms with Crippen LogP contribution in [0, 0.1) is 5.92 Å². The van der Waals surface area contributed by atoms with E-state index in [0.29, 0.717) is 5.92 Å². The van der Waals surface area contributed by atoms with E-state index in [-0.39, 0.29) is 11.9 Å². The van der Waals surface area contributed by atoms with Gasteiger partial charge >= 0.3 is 0 Å². The largest absolute Gasteiger partial charge is 0.340 e. The van der Waals surface area contributed by atoms with Gasteiger partial charge in [-0.1, -0.05) is 27.7 Å².